The van der Waals surface area contributed by atoms with Crippen molar-refractivity contribution in [3.05, 3.63) is 68.9 Å². The SMILES string of the molecule is C=Cc1cc(Br)cc(Br)c1O.Cc1ccc(F)cc1. The predicted molar refractivity (Wildman–Crippen MR) is 84.7 cm³/mol. The molecular formula is C15H13Br2FO. The van der Waals surface area contributed by atoms with Gasteiger partial charge in [0.2, 0.25) is 0 Å². The molecule has 0 fully saturated rings. The fourth-order valence-electron chi connectivity index (χ4n) is 1.27. The van der Waals surface area contributed by atoms with E-state index >= 15 is 0 Å². The van der Waals surface area contributed by atoms with Crippen molar-refractivity contribution in [1.29, 1.82) is 0 Å². The van der Waals surface area contributed by atoms with E-state index in [2.05, 4.69) is 38.4 Å². The van der Waals surface area contributed by atoms with E-state index in [1.54, 1.807) is 30.3 Å². The largest absolute Gasteiger partial charge is 0.506 e. The standard InChI is InChI=1S/C8H6Br2O.C7H7F/c1-2-5-3-6(9)4-7(10)8(5)11;1-6-2-4-7(8)5-3-6/h2-4,11H,1H2;2-5H,1H3. The maximum Gasteiger partial charge on any atom is 0.137 e. The highest BCUT2D eigenvalue weighted by Crippen LogP contribution is 2.31. The summed E-state index contributed by atoms with van der Waals surface area (Å²) in [5.74, 6) is 0.0544. The van der Waals surface area contributed by atoms with Crippen molar-refractivity contribution in [3.63, 3.8) is 0 Å². The van der Waals surface area contributed by atoms with E-state index in [0.29, 0.717) is 10.0 Å². The molecular weight excluding hydrogens is 375 g/mol. The minimum Gasteiger partial charge on any atom is -0.506 e. The first-order valence-electron chi connectivity index (χ1n) is 5.46. The molecule has 0 aliphatic rings. The van der Waals surface area contributed by atoms with E-state index in [1.807, 2.05) is 6.92 Å². The van der Waals surface area contributed by atoms with Gasteiger partial charge in [-0.1, -0.05) is 46.3 Å². The third-order valence-corrected chi connectivity index (χ3v) is 3.35. The zero-order chi connectivity index (χ0) is 14.4. The van der Waals surface area contributed by atoms with E-state index in [9.17, 15) is 9.50 Å². The van der Waals surface area contributed by atoms with Crippen LogP contribution in [0.15, 0.2) is 51.9 Å². The van der Waals surface area contributed by atoms with Gasteiger partial charge in [-0.25, -0.2) is 4.39 Å². The van der Waals surface area contributed by atoms with Crippen LogP contribution in [-0.4, -0.2) is 5.11 Å². The quantitative estimate of drug-likeness (QED) is 0.665. The molecule has 0 heterocycles. The Labute approximate surface area is 129 Å². The van der Waals surface area contributed by atoms with Crippen LogP contribution >= 0.6 is 31.9 Å². The zero-order valence-electron chi connectivity index (χ0n) is 10.3. The maximum atomic E-state index is 12.1. The molecule has 0 amide bonds. The number of rotatable bonds is 1. The highest BCUT2D eigenvalue weighted by molar-refractivity contribution is 9.11. The van der Waals surface area contributed by atoms with Crippen LogP contribution in [0.2, 0.25) is 0 Å². The van der Waals surface area contributed by atoms with Crippen LogP contribution < -0.4 is 0 Å². The van der Waals surface area contributed by atoms with Gasteiger partial charge in [0.05, 0.1) is 4.47 Å². The average molecular weight is 388 g/mol. The number of halogens is 3. The van der Waals surface area contributed by atoms with Crippen LogP contribution in [0.25, 0.3) is 6.08 Å². The van der Waals surface area contributed by atoms with E-state index in [1.165, 1.54) is 12.1 Å². The summed E-state index contributed by atoms with van der Waals surface area (Å²) in [6.07, 6.45) is 1.60. The molecule has 0 spiro atoms. The minimum atomic E-state index is -0.171. The van der Waals surface area contributed by atoms with E-state index in [4.69, 9.17) is 0 Å². The van der Waals surface area contributed by atoms with Crippen molar-refractivity contribution < 1.29 is 9.50 Å². The first kappa shape index (κ1) is 15.9. The highest BCUT2D eigenvalue weighted by Gasteiger charge is 2.03. The summed E-state index contributed by atoms with van der Waals surface area (Å²) in [7, 11) is 0. The number of phenols is 1. The van der Waals surface area contributed by atoms with Gasteiger partial charge in [0, 0.05) is 10.0 Å². The van der Waals surface area contributed by atoms with Crippen LogP contribution in [-0.2, 0) is 0 Å². The molecule has 1 N–H and O–H groups in total. The fraction of sp³-hybridized carbons (Fsp3) is 0.0667. The second kappa shape index (κ2) is 7.46. The highest BCUT2D eigenvalue weighted by atomic mass is 79.9. The molecule has 0 atom stereocenters. The Kier molecular flexibility index (Phi) is 6.25. The molecule has 0 aliphatic heterocycles. The van der Waals surface area contributed by atoms with Crippen molar-refractivity contribution in [2.45, 2.75) is 6.92 Å². The first-order valence-corrected chi connectivity index (χ1v) is 7.05. The van der Waals surface area contributed by atoms with Crippen molar-refractivity contribution >= 4 is 37.9 Å². The molecule has 0 bridgehead atoms. The van der Waals surface area contributed by atoms with Crippen molar-refractivity contribution in [2.24, 2.45) is 0 Å². The second-order valence-corrected chi connectivity index (χ2v) is 5.60. The van der Waals surface area contributed by atoms with Crippen molar-refractivity contribution in [1.82, 2.24) is 0 Å². The van der Waals surface area contributed by atoms with Gasteiger partial charge in [0.1, 0.15) is 11.6 Å². The topological polar surface area (TPSA) is 20.2 Å². The molecule has 2 rings (SSSR count). The number of benzene rings is 2. The summed E-state index contributed by atoms with van der Waals surface area (Å²) in [6.45, 7) is 5.50. The summed E-state index contributed by atoms with van der Waals surface area (Å²) in [5, 5.41) is 9.38. The molecule has 0 aromatic heterocycles. The maximum absolute atomic E-state index is 12.1. The Bertz CT molecular complexity index is 544. The fourth-order valence-corrected chi connectivity index (χ4v) is 2.53. The number of hydrogen-bond acceptors (Lipinski definition) is 1. The monoisotopic (exact) mass is 386 g/mol. The molecule has 1 nitrogen and oxygen atoms in total. The lowest BCUT2D eigenvalue weighted by molar-refractivity contribution is 0.470. The molecule has 0 unspecified atom stereocenters. The molecule has 0 saturated heterocycles. The van der Waals surface area contributed by atoms with Crippen LogP contribution in [0, 0.1) is 12.7 Å². The number of aromatic hydroxyl groups is 1. The third kappa shape index (κ3) is 5.17. The Morgan fingerprint density at radius 1 is 1.16 bits per heavy atom. The first-order chi connectivity index (χ1) is 8.93. The second-order valence-electron chi connectivity index (χ2n) is 3.83. The molecule has 2 aromatic rings. The summed E-state index contributed by atoms with van der Waals surface area (Å²) in [6, 6.07) is 9.98. The van der Waals surface area contributed by atoms with Gasteiger partial charge in [-0.2, -0.15) is 0 Å². The van der Waals surface area contributed by atoms with E-state index in [0.717, 1.165) is 10.0 Å². The lowest BCUT2D eigenvalue weighted by atomic mass is 10.2. The molecule has 0 saturated carbocycles. The Morgan fingerprint density at radius 2 is 1.74 bits per heavy atom. The van der Waals surface area contributed by atoms with Crippen LogP contribution in [0.5, 0.6) is 5.75 Å². The number of phenolic OH excluding ortho intramolecular Hbond substituents is 1. The average Bonchev–Trinajstić information content (AvgIpc) is 2.38. The van der Waals surface area contributed by atoms with Crippen LogP contribution in [0.1, 0.15) is 11.1 Å². The normalized spacial score (nSPS) is 9.47. The summed E-state index contributed by atoms with van der Waals surface area (Å²) >= 11 is 6.51. The van der Waals surface area contributed by atoms with Crippen LogP contribution in [0.3, 0.4) is 0 Å². The number of hydrogen-bond donors (Lipinski definition) is 1. The minimum absolute atomic E-state index is 0.171. The van der Waals surface area contributed by atoms with Gasteiger partial charge in [-0.05, 0) is 47.1 Å². The molecule has 4 heteroatoms. The Balaban J connectivity index is 0.000000200. The van der Waals surface area contributed by atoms with Gasteiger partial charge < -0.3 is 5.11 Å². The molecule has 100 valence electrons. The van der Waals surface area contributed by atoms with Crippen molar-refractivity contribution in [2.75, 3.05) is 0 Å². The number of aryl methyl sites for hydroxylation is 1. The summed E-state index contributed by atoms with van der Waals surface area (Å²) in [4.78, 5) is 0. The third-order valence-electron chi connectivity index (χ3n) is 2.29. The molecule has 2 aromatic carbocycles. The van der Waals surface area contributed by atoms with Crippen molar-refractivity contribution in [3.8, 4) is 5.75 Å². The molecule has 19 heavy (non-hydrogen) atoms. The van der Waals surface area contributed by atoms with Gasteiger partial charge >= 0.3 is 0 Å². The predicted octanol–water partition coefficient (Wildman–Crippen LogP) is 5.69. The van der Waals surface area contributed by atoms with Gasteiger partial charge in [-0.15, -0.1) is 0 Å². The lowest BCUT2D eigenvalue weighted by Crippen LogP contribution is -1.76. The smallest absolute Gasteiger partial charge is 0.137 e. The van der Waals surface area contributed by atoms with Crippen LogP contribution in [0.4, 0.5) is 4.39 Å². The van der Waals surface area contributed by atoms with E-state index < -0.39 is 0 Å². The van der Waals surface area contributed by atoms with Gasteiger partial charge in [0.15, 0.2) is 0 Å². The Hall–Kier alpha value is -1.13. The zero-order valence-corrected chi connectivity index (χ0v) is 13.5. The van der Waals surface area contributed by atoms with Gasteiger partial charge in [0.25, 0.3) is 0 Å². The Morgan fingerprint density at radius 3 is 2.21 bits per heavy atom. The summed E-state index contributed by atoms with van der Waals surface area (Å²) in [5.41, 5.74) is 1.80. The van der Waals surface area contributed by atoms with E-state index in [-0.39, 0.29) is 11.6 Å². The molecule has 0 aliphatic carbocycles. The molecule has 0 radical (unpaired) electrons. The lowest BCUT2D eigenvalue weighted by Gasteiger charge is -2.01. The summed E-state index contributed by atoms with van der Waals surface area (Å²) < 4.78 is 13.7. The van der Waals surface area contributed by atoms with Gasteiger partial charge in [-0.3, -0.25) is 0 Å².